The Morgan fingerprint density at radius 1 is 1.40 bits per heavy atom. The monoisotopic (exact) mass is 312 g/mol. The second-order valence-electron chi connectivity index (χ2n) is 5.07. The van der Waals surface area contributed by atoms with E-state index in [4.69, 9.17) is 18.0 Å². The Kier molecular flexibility index (Phi) is 4.78. The standard InChI is InChI=1S/C14H20N2O2S2/c1-2-4-11-6-8-12(9-7-11)20(17,18)16-10-3-5-13(16)14(15)19/h6-9,13H,2-5,10H2,1H3,(H2,15,19). The first-order valence-electron chi connectivity index (χ1n) is 6.87. The summed E-state index contributed by atoms with van der Waals surface area (Å²) in [6.07, 6.45) is 3.51. The molecule has 0 radical (unpaired) electrons. The molecule has 0 saturated carbocycles. The van der Waals surface area contributed by atoms with Crippen LogP contribution >= 0.6 is 12.2 Å². The summed E-state index contributed by atoms with van der Waals surface area (Å²) < 4.78 is 26.7. The lowest BCUT2D eigenvalue weighted by Crippen LogP contribution is -2.42. The molecule has 20 heavy (non-hydrogen) atoms. The number of hydrogen-bond donors (Lipinski definition) is 1. The highest BCUT2D eigenvalue weighted by atomic mass is 32.2. The lowest BCUT2D eigenvalue weighted by atomic mass is 10.1. The summed E-state index contributed by atoms with van der Waals surface area (Å²) >= 11 is 4.98. The Hall–Kier alpha value is -0.980. The van der Waals surface area contributed by atoms with Gasteiger partial charge < -0.3 is 5.73 Å². The van der Waals surface area contributed by atoms with Crippen LogP contribution in [0, 0.1) is 0 Å². The maximum atomic E-state index is 12.6. The molecular weight excluding hydrogens is 292 g/mol. The Labute approximate surface area is 126 Å². The molecule has 0 aromatic heterocycles. The summed E-state index contributed by atoms with van der Waals surface area (Å²) in [6.45, 7) is 2.59. The quantitative estimate of drug-likeness (QED) is 0.846. The number of nitrogens with two attached hydrogens (primary N) is 1. The lowest BCUT2D eigenvalue weighted by molar-refractivity contribution is 0.446. The fourth-order valence-corrected chi connectivity index (χ4v) is 4.55. The maximum absolute atomic E-state index is 12.6. The highest BCUT2D eigenvalue weighted by Gasteiger charge is 2.36. The van der Waals surface area contributed by atoms with E-state index in [1.165, 1.54) is 4.31 Å². The number of rotatable bonds is 5. The molecule has 1 unspecified atom stereocenters. The van der Waals surface area contributed by atoms with Gasteiger partial charge in [-0.25, -0.2) is 8.42 Å². The minimum absolute atomic E-state index is 0.258. The second kappa shape index (κ2) is 6.20. The van der Waals surface area contributed by atoms with Gasteiger partial charge in [0.2, 0.25) is 10.0 Å². The van der Waals surface area contributed by atoms with Crippen molar-refractivity contribution < 1.29 is 8.42 Å². The van der Waals surface area contributed by atoms with Crippen LogP contribution < -0.4 is 5.73 Å². The first-order chi connectivity index (χ1) is 9.46. The van der Waals surface area contributed by atoms with E-state index in [1.54, 1.807) is 12.1 Å². The van der Waals surface area contributed by atoms with Crippen LogP contribution in [0.4, 0.5) is 0 Å². The van der Waals surface area contributed by atoms with Crippen molar-refractivity contribution in [2.75, 3.05) is 6.54 Å². The van der Waals surface area contributed by atoms with E-state index in [1.807, 2.05) is 12.1 Å². The molecule has 0 bridgehead atoms. The molecule has 0 aliphatic carbocycles. The van der Waals surface area contributed by atoms with Crippen LogP contribution in [0.25, 0.3) is 0 Å². The van der Waals surface area contributed by atoms with Gasteiger partial charge in [-0.1, -0.05) is 37.7 Å². The molecule has 1 aliphatic heterocycles. The number of hydrogen-bond acceptors (Lipinski definition) is 3. The molecule has 1 saturated heterocycles. The zero-order valence-electron chi connectivity index (χ0n) is 11.6. The highest BCUT2D eigenvalue weighted by molar-refractivity contribution is 7.89. The smallest absolute Gasteiger partial charge is 0.243 e. The van der Waals surface area contributed by atoms with Crippen molar-refractivity contribution in [3.05, 3.63) is 29.8 Å². The lowest BCUT2D eigenvalue weighted by Gasteiger charge is -2.23. The molecule has 1 atom stereocenters. The molecule has 0 amide bonds. The van der Waals surface area contributed by atoms with E-state index in [0.29, 0.717) is 17.9 Å². The van der Waals surface area contributed by atoms with Crippen LogP contribution in [0.5, 0.6) is 0 Å². The fraction of sp³-hybridized carbons (Fsp3) is 0.500. The normalized spacial score (nSPS) is 20.1. The van der Waals surface area contributed by atoms with Crippen molar-refractivity contribution in [3.8, 4) is 0 Å². The largest absolute Gasteiger partial charge is 0.392 e. The van der Waals surface area contributed by atoms with E-state index in [2.05, 4.69) is 6.92 Å². The molecule has 2 N–H and O–H groups in total. The van der Waals surface area contributed by atoms with E-state index < -0.39 is 10.0 Å². The van der Waals surface area contributed by atoms with Crippen molar-refractivity contribution in [1.82, 2.24) is 4.31 Å². The van der Waals surface area contributed by atoms with Gasteiger partial charge in [-0.2, -0.15) is 4.31 Å². The number of aryl methyl sites for hydroxylation is 1. The highest BCUT2D eigenvalue weighted by Crippen LogP contribution is 2.26. The van der Waals surface area contributed by atoms with E-state index in [-0.39, 0.29) is 11.0 Å². The average Bonchev–Trinajstić information content (AvgIpc) is 2.90. The van der Waals surface area contributed by atoms with Crippen LogP contribution in [-0.2, 0) is 16.4 Å². The van der Waals surface area contributed by atoms with Crippen molar-refractivity contribution in [2.24, 2.45) is 5.73 Å². The van der Waals surface area contributed by atoms with Gasteiger partial charge >= 0.3 is 0 Å². The average molecular weight is 312 g/mol. The summed E-state index contributed by atoms with van der Waals surface area (Å²) in [5.74, 6) is 0. The van der Waals surface area contributed by atoms with Gasteiger partial charge in [-0.3, -0.25) is 0 Å². The summed E-state index contributed by atoms with van der Waals surface area (Å²) in [4.78, 5) is 0.578. The Morgan fingerprint density at radius 3 is 2.60 bits per heavy atom. The van der Waals surface area contributed by atoms with Crippen molar-refractivity contribution in [2.45, 2.75) is 43.5 Å². The predicted molar refractivity (Wildman–Crippen MR) is 84.1 cm³/mol. The maximum Gasteiger partial charge on any atom is 0.243 e. The molecule has 4 nitrogen and oxygen atoms in total. The molecule has 1 aromatic carbocycles. The topological polar surface area (TPSA) is 63.4 Å². The van der Waals surface area contributed by atoms with Crippen molar-refractivity contribution in [1.29, 1.82) is 0 Å². The van der Waals surface area contributed by atoms with Crippen LogP contribution in [0.15, 0.2) is 29.2 Å². The zero-order chi connectivity index (χ0) is 14.8. The number of thiocarbonyl (C=S) groups is 1. The van der Waals surface area contributed by atoms with Crippen molar-refractivity contribution >= 4 is 27.2 Å². The van der Waals surface area contributed by atoms with Crippen LogP contribution in [0.3, 0.4) is 0 Å². The molecule has 1 aliphatic rings. The zero-order valence-corrected chi connectivity index (χ0v) is 13.2. The first kappa shape index (κ1) is 15.4. The first-order valence-corrected chi connectivity index (χ1v) is 8.71. The summed E-state index contributed by atoms with van der Waals surface area (Å²) in [5.41, 5.74) is 6.80. The minimum atomic E-state index is -3.50. The van der Waals surface area contributed by atoms with Crippen molar-refractivity contribution in [3.63, 3.8) is 0 Å². The molecule has 1 heterocycles. The summed E-state index contributed by atoms with van der Waals surface area (Å²) in [6, 6.07) is 6.76. The predicted octanol–water partition coefficient (Wildman–Crippen LogP) is 2.08. The van der Waals surface area contributed by atoms with E-state index >= 15 is 0 Å². The van der Waals surface area contributed by atoms with Crippen LogP contribution in [0.1, 0.15) is 31.7 Å². The third-order valence-electron chi connectivity index (χ3n) is 3.60. The fourth-order valence-electron chi connectivity index (χ4n) is 2.56. The van der Waals surface area contributed by atoms with Crippen LogP contribution in [-0.4, -0.2) is 30.3 Å². The molecule has 6 heteroatoms. The van der Waals surface area contributed by atoms with Gasteiger partial charge in [0, 0.05) is 6.54 Å². The third kappa shape index (κ3) is 3.02. The number of nitrogens with zero attached hydrogens (tertiary/aromatic N) is 1. The van der Waals surface area contributed by atoms with Gasteiger partial charge in [-0.15, -0.1) is 0 Å². The third-order valence-corrected chi connectivity index (χ3v) is 5.80. The molecular formula is C14H20N2O2S2. The van der Waals surface area contributed by atoms with Gasteiger partial charge in [0.25, 0.3) is 0 Å². The molecule has 0 spiro atoms. The van der Waals surface area contributed by atoms with Gasteiger partial charge in [0.1, 0.15) is 0 Å². The Morgan fingerprint density at radius 2 is 2.05 bits per heavy atom. The van der Waals surface area contributed by atoms with Gasteiger partial charge in [0.15, 0.2) is 0 Å². The number of sulfonamides is 1. The van der Waals surface area contributed by atoms with Gasteiger partial charge in [-0.05, 0) is 37.0 Å². The molecule has 1 fully saturated rings. The van der Waals surface area contributed by atoms with E-state index in [0.717, 1.165) is 24.8 Å². The molecule has 110 valence electrons. The number of benzene rings is 1. The van der Waals surface area contributed by atoms with E-state index in [9.17, 15) is 8.42 Å². The van der Waals surface area contributed by atoms with Crippen LogP contribution in [0.2, 0.25) is 0 Å². The Balaban J connectivity index is 2.27. The minimum Gasteiger partial charge on any atom is -0.392 e. The van der Waals surface area contributed by atoms with Gasteiger partial charge in [0.05, 0.1) is 15.9 Å². The molecule has 2 rings (SSSR count). The summed E-state index contributed by atoms with van der Waals surface area (Å²) in [5, 5.41) is 0. The summed E-state index contributed by atoms with van der Waals surface area (Å²) in [7, 11) is -3.50. The Bertz CT molecular complexity index is 582. The molecule has 1 aromatic rings. The second-order valence-corrected chi connectivity index (χ2v) is 7.43. The SMILES string of the molecule is CCCc1ccc(S(=O)(=O)N2CCCC2C(N)=S)cc1.